The lowest BCUT2D eigenvalue weighted by atomic mass is 10.0. The van der Waals surface area contributed by atoms with Gasteiger partial charge in [0, 0.05) is 36.1 Å². The van der Waals surface area contributed by atoms with Gasteiger partial charge in [0.1, 0.15) is 6.04 Å². The van der Waals surface area contributed by atoms with E-state index in [-0.39, 0.29) is 17.5 Å². The summed E-state index contributed by atoms with van der Waals surface area (Å²) >= 11 is 0. The van der Waals surface area contributed by atoms with Crippen LogP contribution in [0.5, 0.6) is 0 Å². The molecular formula is C20H19N5O3. The number of imidazole rings is 1. The summed E-state index contributed by atoms with van der Waals surface area (Å²) < 4.78 is 0. The number of aromatic amines is 3. The molecule has 5 N–H and O–H groups in total. The molecule has 2 aromatic heterocycles. The fraction of sp³-hybridized carbons (Fsp3) is 0.150. The summed E-state index contributed by atoms with van der Waals surface area (Å²) in [5, 5.41) is 6.54. The van der Waals surface area contributed by atoms with Gasteiger partial charge in [-0.15, -0.1) is 0 Å². The fourth-order valence-corrected chi connectivity index (χ4v) is 3.31. The lowest BCUT2D eigenvalue weighted by molar-refractivity contribution is -0.125. The maximum atomic E-state index is 12.8. The van der Waals surface area contributed by atoms with Gasteiger partial charge in [0.15, 0.2) is 0 Å². The molecule has 2 amide bonds. The molecule has 4 aromatic rings. The SMILES string of the molecule is CC(=O)NC(Cc1c[nH]c2ccccc12)C(=O)Nc1ccc2[nH]c(=O)[nH]c2c1. The van der Waals surface area contributed by atoms with Gasteiger partial charge in [-0.3, -0.25) is 9.59 Å². The first kappa shape index (κ1) is 17.6. The molecule has 0 radical (unpaired) electrons. The Bertz CT molecular complexity index is 1230. The van der Waals surface area contributed by atoms with E-state index in [0.29, 0.717) is 23.1 Å². The molecule has 142 valence electrons. The molecule has 0 fully saturated rings. The van der Waals surface area contributed by atoms with Crippen LogP contribution < -0.4 is 16.3 Å². The molecule has 0 saturated heterocycles. The molecule has 2 heterocycles. The van der Waals surface area contributed by atoms with Crippen LogP contribution in [-0.4, -0.2) is 32.8 Å². The lowest BCUT2D eigenvalue weighted by Gasteiger charge is -2.17. The monoisotopic (exact) mass is 377 g/mol. The topological polar surface area (TPSA) is 123 Å². The van der Waals surface area contributed by atoms with E-state index in [4.69, 9.17) is 0 Å². The molecule has 4 rings (SSSR count). The number of hydrogen-bond acceptors (Lipinski definition) is 3. The zero-order chi connectivity index (χ0) is 19.7. The summed E-state index contributed by atoms with van der Waals surface area (Å²) in [6.07, 6.45) is 2.20. The van der Waals surface area contributed by atoms with E-state index < -0.39 is 6.04 Å². The van der Waals surface area contributed by atoms with E-state index in [2.05, 4.69) is 25.6 Å². The summed E-state index contributed by atoms with van der Waals surface area (Å²) in [5.41, 5.74) is 3.38. The number of fused-ring (bicyclic) bond motifs is 2. The van der Waals surface area contributed by atoms with Crippen LogP contribution in [0.2, 0.25) is 0 Å². The van der Waals surface area contributed by atoms with Crippen LogP contribution in [0.15, 0.2) is 53.5 Å². The second-order valence-electron chi connectivity index (χ2n) is 6.65. The van der Waals surface area contributed by atoms with Crippen molar-refractivity contribution < 1.29 is 9.59 Å². The molecule has 0 aliphatic rings. The molecule has 28 heavy (non-hydrogen) atoms. The average Bonchev–Trinajstić information content (AvgIpc) is 3.23. The van der Waals surface area contributed by atoms with Gasteiger partial charge in [-0.1, -0.05) is 18.2 Å². The predicted molar refractivity (Wildman–Crippen MR) is 107 cm³/mol. The molecule has 0 bridgehead atoms. The highest BCUT2D eigenvalue weighted by molar-refractivity contribution is 5.98. The van der Waals surface area contributed by atoms with E-state index in [1.807, 2.05) is 30.5 Å². The molecule has 1 unspecified atom stereocenters. The number of anilines is 1. The summed E-state index contributed by atoms with van der Waals surface area (Å²) in [4.78, 5) is 44.3. The molecule has 8 heteroatoms. The number of para-hydroxylation sites is 1. The van der Waals surface area contributed by atoms with Crippen molar-refractivity contribution >= 4 is 39.4 Å². The number of H-pyrrole nitrogens is 3. The van der Waals surface area contributed by atoms with E-state index in [9.17, 15) is 14.4 Å². The van der Waals surface area contributed by atoms with Gasteiger partial charge in [-0.25, -0.2) is 4.79 Å². The standard InChI is InChI=1S/C20H19N5O3/c1-11(26)22-18(8-12-10-21-15-5-3-2-4-14(12)15)19(27)23-13-6-7-16-17(9-13)25-20(28)24-16/h2-7,9-10,18,21H,8H2,1H3,(H,22,26)(H,23,27)(H2,24,25,28). The first-order valence-electron chi connectivity index (χ1n) is 8.84. The Kier molecular flexibility index (Phi) is 4.44. The summed E-state index contributed by atoms with van der Waals surface area (Å²) in [6, 6.07) is 12.1. The number of aromatic nitrogens is 3. The van der Waals surface area contributed by atoms with Crippen LogP contribution in [0.4, 0.5) is 5.69 Å². The smallest absolute Gasteiger partial charge is 0.323 e. The van der Waals surface area contributed by atoms with Gasteiger partial charge in [-0.2, -0.15) is 0 Å². The van der Waals surface area contributed by atoms with Crippen molar-refractivity contribution in [1.82, 2.24) is 20.3 Å². The van der Waals surface area contributed by atoms with E-state index in [0.717, 1.165) is 16.5 Å². The minimum atomic E-state index is -0.738. The number of amides is 2. The number of rotatable bonds is 5. The number of carbonyl (C=O) groups excluding carboxylic acids is 2. The second-order valence-corrected chi connectivity index (χ2v) is 6.65. The fourth-order valence-electron chi connectivity index (χ4n) is 3.31. The second kappa shape index (κ2) is 7.07. The Morgan fingerprint density at radius 3 is 2.64 bits per heavy atom. The Hall–Kier alpha value is -3.81. The minimum Gasteiger partial charge on any atom is -0.361 e. The number of benzene rings is 2. The van der Waals surface area contributed by atoms with Crippen LogP contribution in [0, 0.1) is 0 Å². The van der Waals surface area contributed by atoms with Crippen LogP contribution in [0.25, 0.3) is 21.9 Å². The Morgan fingerprint density at radius 1 is 1.04 bits per heavy atom. The first-order chi connectivity index (χ1) is 13.5. The maximum Gasteiger partial charge on any atom is 0.323 e. The summed E-state index contributed by atoms with van der Waals surface area (Å²) in [7, 11) is 0. The van der Waals surface area contributed by atoms with Gasteiger partial charge < -0.3 is 25.6 Å². The van der Waals surface area contributed by atoms with Crippen LogP contribution in [0.1, 0.15) is 12.5 Å². The molecule has 0 aliphatic carbocycles. The summed E-state index contributed by atoms with van der Waals surface area (Å²) in [6.45, 7) is 1.38. The maximum absolute atomic E-state index is 12.8. The van der Waals surface area contributed by atoms with Crippen LogP contribution >= 0.6 is 0 Å². The van der Waals surface area contributed by atoms with Gasteiger partial charge in [0.2, 0.25) is 11.8 Å². The normalized spacial score (nSPS) is 12.2. The van der Waals surface area contributed by atoms with E-state index in [1.54, 1.807) is 18.2 Å². The van der Waals surface area contributed by atoms with Gasteiger partial charge >= 0.3 is 5.69 Å². The van der Waals surface area contributed by atoms with Gasteiger partial charge in [0.25, 0.3) is 0 Å². The number of hydrogen-bond donors (Lipinski definition) is 5. The molecule has 2 aromatic carbocycles. The Balaban J connectivity index is 1.57. The van der Waals surface area contributed by atoms with Crippen molar-refractivity contribution in [3.8, 4) is 0 Å². The van der Waals surface area contributed by atoms with Crippen molar-refractivity contribution in [2.75, 3.05) is 5.32 Å². The Morgan fingerprint density at radius 2 is 1.82 bits per heavy atom. The van der Waals surface area contributed by atoms with Crippen molar-refractivity contribution in [3.05, 3.63) is 64.7 Å². The third-order valence-electron chi connectivity index (χ3n) is 4.58. The van der Waals surface area contributed by atoms with Crippen molar-refractivity contribution in [2.24, 2.45) is 0 Å². The van der Waals surface area contributed by atoms with Crippen molar-refractivity contribution in [1.29, 1.82) is 0 Å². The highest BCUT2D eigenvalue weighted by Gasteiger charge is 2.21. The van der Waals surface area contributed by atoms with Gasteiger partial charge in [0.05, 0.1) is 11.0 Å². The zero-order valence-electron chi connectivity index (χ0n) is 15.1. The lowest BCUT2D eigenvalue weighted by Crippen LogP contribution is -2.44. The summed E-state index contributed by atoms with van der Waals surface area (Å²) in [5.74, 6) is -0.622. The zero-order valence-corrected chi connectivity index (χ0v) is 15.1. The largest absolute Gasteiger partial charge is 0.361 e. The van der Waals surface area contributed by atoms with Gasteiger partial charge in [-0.05, 0) is 29.8 Å². The molecule has 8 nitrogen and oxygen atoms in total. The highest BCUT2D eigenvalue weighted by atomic mass is 16.2. The predicted octanol–water partition coefficient (Wildman–Crippen LogP) is 2.02. The molecule has 1 atom stereocenters. The number of nitrogens with one attached hydrogen (secondary N) is 5. The molecule has 0 aliphatic heterocycles. The molecule has 0 spiro atoms. The Labute approximate surface area is 159 Å². The molecular weight excluding hydrogens is 358 g/mol. The first-order valence-corrected chi connectivity index (χ1v) is 8.84. The van der Waals surface area contributed by atoms with Crippen LogP contribution in [0.3, 0.4) is 0 Å². The van der Waals surface area contributed by atoms with E-state index >= 15 is 0 Å². The third kappa shape index (κ3) is 3.52. The number of carbonyl (C=O) groups is 2. The average molecular weight is 377 g/mol. The highest BCUT2D eigenvalue weighted by Crippen LogP contribution is 2.20. The molecule has 0 saturated carbocycles. The van der Waals surface area contributed by atoms with E-state index in [1.165, 1.54) is 6.92 Å². The quantitative estimate of drug-likeness (QED) is 0.366. The third-order valence-corrected chi connectivity index (χ3v) is 4.58. The van der Waals surface area contributed by atoms with Crippen molar-refractivity contribution in [2.45, 2.75) is 19.4 Å². The van der Waals surface area contributed by atoms with Crippen LogP contribution in [-0.2, 0) is 16.0 Å². The van der Waals surface area contributed by atoms with Crippen molar-refractivity contribution in [3.63, 3.8) is 0 Å². The minimum absolute atomic E-state index is 0.287.